The standard InChI is InChI=1S/C28H24Br2O7/c1-33-14-18-19(15-8-6-5-7-9-15)28(16-10-12-17(34-2)13-11-16)27(32,26(18)31)20-23(35-3)21(29)25(36-4)22(30)24(20)37-28/h5-13,32H,14H2,1-4H3/t27-,28-/m0/s1. The smallest absolute Gasteiger partial charge is 0.208 e. The first-order chi connectivity index (χ1) is 17.8. The molecule has 1 aliphatic carbocycles. The summed E-state index contributed by atoms with van der Waals surface area (Å²) in [6, 6.07) is 16.5. The molecule has 2 aliphatic rings. The first-order valence-electron chi connectivity index (χ1n) is 11.3. The van der Waals surface area contributed by atoms with Gasteiger partial charge in [-0.3, -0.25) is 4.79 Å². The molecule has 0 bridgehead atoms. The van der Waals surface area contributed by atoms with Crippen molar-refractivity contribution in [1.29, 1.82) is 0 Å². The number of rotatable bonds is 7. The highest BCUT2D eigenvalue weighted by molar-refractivity contribution is 9.11. The van der Waals surface area contributed by atoms with Crippen molar-refractivity contribution in [3.8, 4) is 23.0 Å². The number of aliphatic hydroxyl groups is 1. The van der Waals surface area contributed by atoms with Crippen molar-refractivity contribution >= 4 is 43.2 Å². The van der Waals surface area contributed by atoms with Crippen LogP contribution in [0.25, 0.3) is 5.57 Å². The van der Waals surface area contributed by atoms with Crippen LogP contribution in [0.4, 0.5) is 0 Å². The van der Waals surface area contributed by atoms with E-state index >= 15 is 0 Å². The molecule has 0 fully saturated rings. The molecule has 1 aliphatic heterocycles. The van der Waals surface area contributed by atoms with Crippen molar-refractivity contribution in [3.05, 3.63) is 85.8 Å². The molecular weight excluding hydrogens is 608 g/mol. The van der Waals surface area contributed by atoms with Gasteiger partial charge in [0, 0.05) is 23.8 Å². The molecule has 0 saturated carbocycles. The van der Waals surface area contributed by atoms with Gasteiger partial charge in [-0.15, -0.1) is 0 Å². The van der Waals surface area contributed by atoms with Gasteiger partial charge in [0.15, 0.2) is 5.75 Å². The lowest BCUT2D eigenvalue weighted by Crippen LogP contribution is -2.50. The van der Waals surface area contributed by atoms with Crippen molar-refractivity contribution in [2.75, 3.05) is 35.0 Å². The Labute approximate surface area is 231 Å². The zero-order valence-electron chi connectivity index (χ0n) is 20.6. The van der Waals surface area contributed by atoms with Gasteiger partial charge in [0.25, 0.3) is 0 Å². The van der Waals surface area contributed by atoms with E-state index in [1.807, 2.05) is 30.3 Å². The van der Waals surface area contributed by atoms with E-state index in [1.54, 1.807) is 31.4 Å². The molecule has 2 atom stereocenters. The predicted octanol–water partition coefficient (Wildman–Crippen LogP) is 5.40. The molecule has 1 heterocycles. The van der Waals surface area contributed by atoms with Crippen LogP contribution in [0.2, 0.25) is 0 Å². The maximum atomic E-state index is 14.4. The number of ketones is 1. The molecule has 3 aromatic rings. The third kappa shape index (κ3) is 3.34. The van der Waals surface area contributed by atoms with Crippen LogP contribution >= 0.6 is 31.9 Å². The van der Waals surface area contributed by atoms with E-state index in [-0.39, 0.29) is 23.7 Å². The van der Waals surface area contributed by atoms with Gasteiger partial charge in [-0.05, 0) is 49.6 Å². The van der Waals surface area contributed by atoms with Gasteiger partial charge in [-0.1, -0.05) is 42.5 Å². The highest BCUT2D eigenvalue weighted by atomic mass is 79.9. The van der Waals surface area contributed by atoms with Gasteiger partial charge in [0.2, 0.25) is 17.0 Å². The Morgan fingerprint density at radius 2 is 1.51 bits per heavy atom. The van der Waals surface area contributed by atoms with Crippen molar-refractivity contribution in [2.24, 2.45) is 0 Å². The fourth-order valence-corrected chi connectivity index (χ4v) is 7.00. The van der Waals surface area contributed by atoms with E-state index in [4.69, 9.17) is 23.7 Å². The Morgan fingerprint density at radius 3 is 2.08 bits per heavy atom. The number of hydrogen-bond acceptors (Lipinski definition) is 7. The van der Waals surface area contributed by atoms with Crippen molar-refractivity contribution in [3.63, 3.8) is 0 Å². The number of carbonyl (C=O) groups excluding carboxylic acids is 1. The summed E-state index contributed by atoms with van der Waals surface area (Å²) >= 11 is 7.11. The molecular formula is C28H24Br2O7. The summed E-state index contributed by atoms with van der Waals surface area (Å²) in [5.41, 5.74) is -1.60. The molecule has 0 amide bonds. The topological polar surface area (TPSA) is 83.5 Å². The number of methoxy groups -OCH3 is 4. The van der Waals surface area contributed by atoms with Crippen LogP contribution < -0.4 is 18.9 Å². The van der Waals surface area contributed by atoms with E-state index in [2.05, 4.69) is 31.9 Å². The van der Waals surface area contributed by atoms with Crippen LogP contribution in [0.5, 0.6) is 23.0 Å². The summed E-state index contributed by atoms with van der Waals surface area (Å²) in [6.07, 6.45) is 0. The normalized spacial score (nSPS) is 22.0. The summed E-state index contributed by atoms with van der Waals surface area (Å²) in [6.45, 7) is -0.0250. The zero-order chi connectivity index (χ0) is 26.5. The van der Waals surface area contributed by atoms with Gasteiger partial charge >= 0.3 is 0 Å². The van der Waals surface area contributed by atoms with Gasteiger partial charge in [-0.25, -0.2) is 0 Å². The molecule has 192 valence electrons. The summed E-state index contributed by atoms with van der Waals surface area (Å²) in [4.78, 5) is 14.4. The minimum absolute atomic E-state index is 0.0250. The second-order valence-electron chi connectivity index (χ2n) is 8.60. The van der Waals surface area contributed by atoms with Gasteiger partial charge in [-0.2, -0.15) is 0 Å². The zero-order valence-corrected chi connectivity index (χ0v) is 23.7. The first-order valence-corrected chi connectivity index (χ1v) is 12.9. The molecule has 0 saturated heterocycles. The minimum atomic E-state index is -2.20. The molecule has 37 heavy (non-hydrogen) atoms. The maximum absolute atomic E-state index is 14.4. The average Bonchev–Trinajstić information content (AvgIpc) is 3.29. The van der Waals surface area contributed by atoms with E-state index in [1.165, 1.54) is 21.3 Å². The number of benzene rings is 3. The Balaban J connectivity index is 1.95. The highest BCUT2D eigenvalue weighted by Crippen LogP contribution is 2.69. The van der Waals surface area contributed by atoms with Crippen LogP contribution in [0, 0.1) is 0 Å². The minimum Gasteiger partial charge on any atom is -0.497 e. The molecule has 0 spiro atoms. The molecule has 0 radical (unpaired) electrons. The van der Waals surface area contributed by atoms with Crippen LogP contribution in [0.3, 0.4) is 0 Å². The summed E-state index contributed by atoms with van der Waals surface area (Å²) in [7, 11) is 6.06. The monoisotopic (exact) mass is 630 g/mol. The fraction of sp³-hybridized carbons (Fsp3) is 0.250. The van der Waals surface area contributed by atoms with Gasteiger partial charge in [0.05, 0.1) is 33.5 Å². The van der Waals surface area contributed by atoms with Crippen LogP contribution in [-0.4, -0.2) is 45.9 Å². The van der Waals surface area contributed by atoms with E-state index in [0.29, 0.717) is 42.7 Å². The number of ether oxygens (including phenoxy) is 5. The lowest BCUT2D eigenvalue weighted by molar-refractivity contribution is -0.146. The maximum Gasteiger partial charge on any atom is 0.208 e. The lowest BCUT2D eigenvalue weighted by Gasteiger charge is -2.37. The van der Waals surface area contributed by atoms with E-state index in [9.17, 15) is 9.90 Å². The van der Waals surface area contributed by atoms with Gasteiger partial charge < -0.3 is 28.8 Å². The molecule has 5 rings (SSSR count). The number of carbonyl (C=O) groups is 1. The first kappa shape index (κ1) is 25.8. The summed E-state index contributed by atoms with van der Waals surface area (Å²) in [5.74, 6) is 0.957. The van der Waals surface area contributed by atoms with Crippen molar-refractivity contribution in [1.82, 2.24) is 0 Å². The van der Waals surface area contributed by atoms with E-state index in [0.717, 1.165) is 0 Å². The Hall–Kier alpha value is -2.85. The fourth-order valence-electron chi connectivity index (χ4n) is 5.38. The van der Waals surface area contributed by atoms with Crippen LogP contribution in [-0.2, 0) is 20.7 Å². The molecule has 0 unspecified atom stereocenters. The molecule has 3 aromatic carbocycles. The lowest BCUT2D eigenvalue weighted by atomic mass is 9.72. The quantitative estimate of drug-likeness (QED) is 0.374. The number of hydrogen-bond donors (Lipinski definition) is 1. The molecule has 7 nitrogen and oxygen atoms in total. The number of halogens is 2. The Kier molecular flexibility index (Phi) is 6.60. The summed E-state index contributed by atoms with van der Waals surface area (Å²) < 4.78 is 29.9. The van der Waals surface area contributed by atoms with Crippen molar-refractivity contribution < 1.29 is 33.6 Å². The molecule has 0 aromatic heterocycles. The second kappa shape index (κ2) is 9.47. The SMILES string of the molecule is COCC1=C(c2ccccc2)[C@]2(c3ccc(OC)cc3)Oc3c(Br)c(OC)c(Br)c(OC)c3[C@]2(O)C1=O. The second-order valence-corrected chi connectivity index (χ2v) is 10.2. The van der Waals surface area contributed by atoms with Crippen LogP contribution in [0.1, 0.15) is 16.7 Å². The van der Waals surface area contributed by atoms with E-state index < -0.39 is 17.0 Å². The number of fused-ring (bicyclic) bond motifs is 3. The van der Waals surface area contributed by atoms with Gasteiger partial charge in [0.1, 0.15) is 26.2 Å². The predicted molar refractivity (Wildman–Crippen MR) is 144 cm³/mol. The Morgan fingerprint density at radius 1 is 0.865 bits per heavy atom. The highest BCUT2D eigenvalue weighted by Gasteiger charge is 2.73. The summed E-state index contributed by atoms with van der Waals surface area (Å²) in [5, 5.41) is 12.8. The molecule has 1 N–H and O–H groups in total. The third-order valence-electron chi connectivity index (χ3n) is 6.89. The Bertz CT molecular complexity index is 1420. The third-order valence-corrected chi connectivity index (χ3v) is 8.33. The largest absolute Gasteiger partial charge is 0.497 e. The average molecular weight is 632 g/mol. The van der Waals surface area contributed by atoms with Crippen LogP contribution in [0.15, 0.2) is 69.1 Å². The molecule has 9 heteroatoms. The van der Waals surface area contributed by atoms with Crippen molar-refractivity contribution in [2.45, 2.75) is 11.2 Å². The number of Topliss-reactive ketones (excluding diaryl/α,β-unsaturated/α-hetero) is 1.